The van der Waals surface area contributed by atoms with Crippen LogP contribution in [0.5, 0.6) is 0 Å². The first-order valence-electron chi connectivity index (χ1n) is 6.50. The second kappa shape index (κ2) is 8.22. The van der Waals surface area contributed by atoms with Crippen LogP contribution in [0.3, 0.4) is 0 Å². The zero-order valence-corrected chi connectivity index (χ0v) is 13.3. The van der Waals surface area contributed by atoms with Crippen LogP contribution in [-0.4, -0.2) is 29.6 Å². The van der Waals surface area contributed by atoms with Crippen LogP contribution in [0.25, 0.3) is 0 Å². The average molecular weight is 333 g/mol. The molecule has 0 saturated carbocycles. The minimum atomic E-state index is -1.06. The van der Waals surface area contributed by atoms with Crippen molar-refractivity contribution < 1.29 is 14.7 Å². The lowest BCUT2D eigenvalue weighted by Crippen LogP contribution is -2.41. The van der Waals surface area contributed by atoms with Gasteiger partial charge in [0.1, 0.15) is 6.04 Å². The fraction of sp³-hybridized carbons (Fsp3) is 0.429. The van der Waals surface area contributed by atoms with Gasteiger partial charge in [0.05, 0.1) is 17.1 Å². The van der Waals surface area contributed by atoms with Crippen LogP contribution in [0, 0.1) is 5.92 Å². The summed E-state index contributed by atoms with van der Waals surface area (Å²) >= 11 is 11.7. The van der Waals surface area contributed by atoms with Gasteiger partial charge in [-0.2, -0.15) is 0 Å². The van der Waals surface area contributed by atoms with Gasteiger partial charge in [0.2, 0.25) is 5.91 Å². The highest BCUT2D eigenvalue weighted by atomic mass is 35.5. The maximum absolute atomic E-state index is 11.9. The lowest BCUT2D eigenvalue weighted by Gasteiger charge is -2.16. The molecule has 5 nitrogen and oxygen atoms in total. The van der Waals surface area contributed by atoms with Crippen LogP contribution >= 0.6 is 23.2 Å². The molecule has 3 N–H and O–H groups in total. The van der Waals surface area contributed by atoms with E-state index in [0.717, 1.165) is 0 Å². The molecule has 7 heteroatoms. The molecular formula is C14H18Cl2N2O3. The van der Waals surface area contributed by atoms with Crippen LogP contribution in [-0.2, 0) is 9.59 Å². The number of rotatable bonds is 7. The number of nitrogens with one attached hydrogen (secondary N) is 2. The van der Waals surface area contributed by atoms with Crippen molar-refractivity contribution in [3.63, 3.8) is 0 Å². The summed E-state index contributed by atoms with van der Waals surface area (Å²) in [5.41, 5.74) is 0.402. The Balaban J connectivity index is 2.63. The molecule has 116 valence electrons. The van der Waals surface area contributed by atoms with Crippen LogP contribution < -0.4 is 10.6 Å². The van der Waals surface area contributed by atoms with Crippen LogP contribution in [0.1, 0.15) is 20.3 Å². The second-order valence-corrected chi connectivity index (χ2v) is 5.91. The van der Waals surface area contributed by atoms with Gasteiger partial charge in [-0.3, -0.25) is 9.59 Å². The third kappa shape index (κ3) is 6.33. The summed E-state index contributed by atoms with van der Waals surface area (Å²) in [6.45, 7) is 4.44. The SMILES string of the molecule is CC(C)CN[C@@H](CC(=O)Nc1ccc(Cl)cc1Cl)C(=O)O. The first-order valence-corrected chi connectivity index (χ1v) is 7.26. The van der Waals surface area contributed by atoms with E-state index in [2.05, 4.69) is 10.6 Å². The van der Waals surface area contributed by atoms with Gasteiger partial charge in [-0.25, -0.2) is 0 Å². The van der Waals surface area contributed by atoms with Crippen molar-refractivity contribution in [3.05, 3.63) is 28.2 Å². The van der Waals surface area contributed by atoms with E-state index in [9.17, 15) is 9.59 Å². The molecular weight excluding hydrogens is 315 g/mol. The van der Waals surface area contributed by atoms with Gasteiger partial charge in [-0.05, 0) is 30.7 Å². The Morgan fingerprint density at radius 2 is 1.95 bits per heavy atom. The van der Waals surface area contributed by atoms with Gasteiger partial charge in [-0.15, -0.1) is 0 Å². The molecule has 1 atom stereocenters. The number of aliphatic carboxylic acids is 1. The highest BCUT2D eigenvalue weighted by molar-refractivity contribution is 6.36. The Labute approximate surface area is 133 Å². The van der Waals surface area contributed by atoms with Crippen molar-refractivity contribution in [3.8, 4) is 0 Å². The Morgan fingerprint density at radius 1 is 1.29 bits per heavy atom. The zero-order chi connectivity index (χ0) is 16.0. The van der Waals surface area contributed by atoms with Crippen molar-refractivity contribution in [1.29, 1.82) is 0 Å². The van der Waals surface area contributed by atoms with Crippen LogP contribution in [0.15, 0.2) is 18.2 Å². The van der Waals surface area contributed by atoms with Crippen molar-refractivity contribution in [2.24, 2.45) is 5.92 Å². The Kier molecular flexibility index (Phi) is 6.95. The number of hydrogen-bond acceptors (Lipinski definition) is 3. The van der Waals surface area contributed by atoms with Crippen LogP contribution in [0.4, 0.5) is 5.69 Å². The minimum Gasteiger partial charge on any atom is -0.480 e. The molecule has 0 spiro atoms. The molecule has 1 amide bonds. The number of amides is 1. The molecule has 1 aromatic rings. The van der Waals surface area contributed by atoms with E-state index in [4.69, 9.17) is 28.3 Å². The minimum absolute atomic E-state index is 0.180. The molecule has 0 fully saturated rings. The number of hydrogen-bond donors (Lipinski definition) is 3. The fourth-order valence-electron chi connectivity index (χ4n) is 1.60. The number of anilines is 1. The average Bonchev–Trinajstić information content (AvgIpc) is 2.37. The summed E-state index contributed by atoms with van der Waals surface area (Å²) in [6.07, 6.45) is -0.180. The predicted molar refractivity (Wildman–Crippen MR) is 84.0 cm³/mol. The summed E-state index contributed by atoms with van der Waals surface area (Å²) in [7, 11) is 0. The van der Waals surface area contributed by atoms with Crippen LogP contribution in [0.2, 0.25) is 10.0 Å². The molecule has 0 heterocycles. The first kappa shape index (κ1) is 17.8. The van der Waals surface area contributed by atoms with Crippen molar-refractivity contribution in [1.82, 2.24) is 5.32 Å². The Bertz CT molecular complexity index is 521. The third-order valence-corrected chi connectivity index (χ3v) is 3.21. The van der Waals surface area contributed by atoms with Crippen molar-refractivity contribution in [2.45, 2.75) is 26.3 Å². The van der Waals surface area contributed by atoms with Gasteiger partial charge < -0.3 is 15.7 Å². The summed E-state index contributed by atoms with van der Waals surface area (Å²) in [5.74, 6) is -1.20. The lowest BCUT2D eigenvalue weighted by molar-refractivity contribution is -0.141. The van der Waals surface area contributed by atoms with E-state index in [0.29, 0.717) is 28.2 Å². The number of carbonyl (C=O) groups excluding carboxylic acids is 1. The molecule has 1 rings (SSSR count). The topological polar surface area (TPSA) is 78.4 Å². The maximum Gasteiger partial charge on any atom is 0.321 e. The molecule has 0 unspecified atom stereocenters. The first-order chi connectivity index (χ1) is 9.79. The van der Waals surface area contributed by atoms with Gasteiger partial charge in [-0.1, -0.05) is 37.0 Å². The monoisotopic (exact) mass is 332 g/mol. The third-order valence-electron chi connectivity index (χ3n) is 2.67. The smallest absolute Gasteiger partial charge is 0.321 e. The molecule has 0 aliphatic carbocycles. The van der Waals surface area contributed by atoms with Gasteiger partial charge in [0.15, 0.2) is 0 Å². The number of carboxylic acid groups (broad SMARTS) is 1. The van der Waals surface area contributed by atoms with E-state index < -0.39 is 17.9 Å². The molecule has 0 bridgehead atoms. The summed E-state index contributed by atoms with van der Waals surface area (Å²) in [6, 6.07) is 3.73. The number of carboxylic acids is 1. The molecule has 21 heavy (non-hydrogen) atoms. The molecule has 0 saturated heterocycles. The lowest BCUT2D eigenvalue weighted by atomic mass is 10.1. The highest BCUT2D eigenvalue weighted by Crippen LogP contribution is 2.25. The zero-order valence-electron chi connectivity index (χ0n) is 11.8. The van der Waals surface area contributed by atoms with Crippen molar-refractivity contribution >= 4 is 40.8 Å². The predicted octanol–water partition coefficient (Wildman–Crippen LogP) is 3.02. The Morgan fingerprint density at radius 3 is 2.48 bits per heavy atom. The normalized spacial score (nSPS) is 12.2. The highest BCUT2D eigenvalue weighted by Gasteiger charge is 2.21. The Hall–Kier alpha value is -1.30. The van der Waals surface area contributed by atoms with E-state index in [1.807, 2.05) is 13.8 Å². The van der Waals surface area contributed by atoms with E-state index in [1.165, 1.54) is 6.07 Å². The summed E-state index contributed by atoms with van der Waals surface area (Å²) in [5, 5.41) is 15.3. The quantitative estimate of drug-likeness (QED) is 0.717. The van der Waals surface area contributed by atoms with Gasteiger partial charge in [0, 0.05) is 5.02 Å². The molecule has 1 aromatic carbocycles. The van der Waals surface area contributed by atoms with E-state index >= 15 is 0 Å². The number of benzene rings is 1. The molecule has 0 aliphatic heterocycles. The largest absolute Gasteiger partial charge is 0.480 e. The maximum atomic E-state index is 11.9. The molecule has 0 aromatic heterocycles. The number of carbonyl (C=O) groups is 2. The van der Waals surface area contributed by atoms with Crippen molar-refractivity contribution in [2.75, 3.05) is 11.9 Å². The standard InChI is InChI=1S/C14H18Cl2N2O3/c1-8(2)7-17-12(14(20)21)6-13(19)18-11-4-3-9(15)5-10(11)16/h3-5,8,12,17H,6-7H2,1-2H3,(H,18,19)(H,20,21)/t12-/m0/s1. The molecule has 0 radical (unpaired) electrons. The second-order valence-electron chi connectivity index (χ2n) is 5.07. The van der Waals surface area contributed by atoms with E-state index in [-0.39, 0.29) is 6.42 Å². The fourth-order valence-corrected chi connectivity index (χ4v) is 2.06. The summed E-state index contributed by atoms with van der Waals surface area (Å²) in [4.78, 5) is 23.0. The van der Waals surface area contributed by atoms with Gasteiger partial charge in [0.25, 0.3) is 0 Å². The summed E-state index contributed by atoms with van der Waals surface area (Å²) < 4.78 is 0. The number of halogens is 2. The van der Waals surface area contributed by atoms with E-state index in [1.54, 1.807) is 12.1 Å². The van der Waals surface area contributed by atoms with Gasteiger partial charge >= 0.3 is 5.97 Å². The molecule has 0 aliphatic rings.